The molecule has 19 heavy (non-hydrogen) atoms. The lowest BCUT2D eigenvalue weighted by atomic mass is 10.1. The van der Waals surface area contributed by atoms with E-state index in [1.807, 2.05) is 0 Å². The second kappa shape index (κ2) is 6.26. The van der Waals surface area contributed by atoms with Gasteiger partial charge < -0.3 is 9.47 Å². The van der Waals surface area contributed by atoms with Gasteiger partial charge in [-0.3, -0.25) is 0 Å². The van der Waals surface area contributed by atoms with Gasteiger partial charge in [-0.15, -0.1) is 0 Å². The summed E-state index contributed by atoms with van der Waals surface area (Å²) in [7, 11) is 1.27. The number of methoxy groups -OCH3 is 1. The van der Waals surface area contributed by atoms with E-state index in [1.165, 1.54) is 7.11 Å². The molecule has 0 spiro atoms. The number of hydrogen-bond donors (Lipinski definition) is 0. The minimum Gasteiger partial charge on any atom is -0.479 e. The molecule has 1 rings (SSSR count). The highest BCUT2D eigenvalue weighted by Crippen LogP contribution is 2.35. The summed E-state index contributed by atoms with van der Waals surface area (Å²) in [6, 6.07) is 0. The predicted molar refractivity (Wildman–Crippen MR) is 74.4 cm³/mol. The van der Waals surface area contributed by atoms with Gasteiger partial charge in [0.1, 0.15) is 5.15 Å². The Balaban J connectivity index is 3.42. The van der Waals surface area contributed by atoms with Crippen molar-refractivity contribution < 1.29 is 14.3 Å². The van der Waals surface area contributed by atoms with Crippen molar-refractivity contribution in [3.8, 4) is 0 Å². The number of rotatable bonds is 4. The van der Waals surface area contributed by atoms with Crippen LogP contribution in [0, 0.1) is 13.8 Å². The third-order valence-corrected chi connectivity index (χ3v) is 3.38. The van der Waals surface area contributed by atoms with Crippen LogP contribution in [0.4, 0.5) is 0 Å². The third kappa shape index (κ3) is 3.39. The van der Waals surface area contributed by atoms with E-state index in [9.17, 15) is 4.79 Å². The number of pyridine rings is 1. The van der Waals surface area contributed by atoms with Crippen LogP contribution in [0.5, 0.6) is 0 Å². The summed E-state index contributed by atoms with van der Waals surface area (Å²) < 4.78 is 10.1. The number of carbonyl (C=O) groups excluding carboxylic acids is 1. The van der Waals surface area contributed by atoms with E-state index >= 15 is 0 Å². The van der Waals surface area contributed by atoms with Crippen LogP contribution in [0.1, 0.15) is 29.8 Å². The third-order valence-electron chi connectivity index (χ3n) is 2.53. The normalized spacial score (nSPS) is 11.9. The number of nitrogens with zero attached hydrogens (tertiary/aromatic N) is 1. The van der Waals surface area contributed by atoms with Crippen LogP contribution in [-0.4, -0.2) is 18.1 Å². The van der Waals surface area contributed by atoms with Crippen molar-refractivity contribution in [2.75, 3.05) is 7.11 Å². The average Bonchev–Trinajstić information content (AvgIpc) is 2.33. The first-order valence-electron chi connectivity index (χ1n) is 5.51. The Morgan fingerprint density at radius 1 is 1.37 bits per heavy atom. The molecule has 0 saturated heterocycles. The molecule has 0 N–H and O–H groups in total. The van der Waals surface area contributed by atoms with Crippen LogP contribution in [0.2, 0.25) is 10.2 Å². The van der Waals surface area contributed by atoms with Gasteiger partial charge in [0.05, 0.1) is 17.9 Å². The number of allylic oxidation sites excluding steroid dienone is 1. The first kappa shape index (κ1) is 15.8. The number of ether oxygens (including phenoxy) is 2. The van der Waals surface area contributed by atoms with Crippen molar-refractivity contribution in [2.45, 2.75) is 26.9 Å². The number of aryl methyl sites for hydroxylation is 1. The summed E-state index contributed by atoms with van der Waals surface area (Å²) >= 11 is 12.2. The predicted octanol–water partition coefficient (Wildman–Crippen LogP) is 3.77. The van der Waals surface area contributed by atoms with Crippen molar-refractivity contribution in [1.82, 2.24) is 4.98 Å². The summed E-state index contributed by atoms with van der Waals surface area (Å²) in [6.07, 6.45) is -1.00. The average molecular weight is 304 g/mol. The van der Waals surface area contributed by atoms with Gasteiger partial charge in [0.25, 0.3) is 0 Å². The van der Waals surface area contributed by atoms with Gasteiger partial charge in [-0.2, -0.15) is 0 Å². The first-order valence-corrected chi connectivity index (χ1v) is 6.27. The van der Waals surface area contributed by atoms with Crippen molar-refractivity contribution in [3.63, 3.8) is 0 Å². The first-order chi connectivity index (χ1) is 8.79. The Bertz CT molecular complexity index is 529. The van der Waals surface area contributed by atoms with E-state index in [0.29, 0.717) is 32.8 Å². The lowest BCUT2D eigenvalue weighted by Gasteiger charge is -2.20. The Labute approximate surface area is 122 Å². The summed E-state index contributed by atoms with van der Waals surface area (Å²) in [5.41, 5.74) is 1.54. The Kier molecular flexibility index (Phi) is 5.20. The minimum absolute atomic E-state index is 0.296. The van der Waals surface area contributed by atoms with E-state index in [4.69, 9.17) is 32.7 Å². The van der Waals surface area contributed by atoms with Crippen molar-refractivity contribution >= 4 is 29.2 Å². The SMILES string of the molecule is C=C(C)O[C@H](C(=O)OC)c1c(C)nc(Cl)c(C)c1Cl. The fourth-order valence-electron chi connectivity index (χ4n) is 1.58. The summed E-state index contributed by atoms with van der Waals surface area (Å²) in [5.74, 6) is -0.199. The summed E-state index contributed by atoms with van der Waals surface area (Å²) in [5, 5.41) is 0.638. The molecule has 0 fully saturated rings. The maximum Gasteiger partial charge on any atom is 0.351 e. The molecule has 1 atom stereocenters. The quantitative estimate of drug-likeness (QED) is 0.482. The number of hydrogen-bond acceptors (Lipinski definition) is 4. The van der Waals surface area contributed by atoms with Crippen LogP contribution in [-0.2, 0) is 14.3 Å². The smallest absolute Gasteiger partial charge is 0.351 e. The molecule has 4 nitrogen and oxygen atoms in total. The standard InChI is InChI=1S/C13H15Cl2NO3/c1-6(2)19-11(13(17)18-5)9-8(4)16-12(15)7(3)10(9)14/h11H,1H2,2-5H3/t11-/m0/s1. The Hall–Kier alpha value is -1.26. The molecule has 0 aliphatic heterocycles. The minimum atomic E-state index is -1.00. The van der Waals surface area contributed by atoms with Gasteiger partial charge in [-0.25, -0.2) is 9.78 Å². The molecule has 0 unspecified atom stereocenters. The van der Waals surface area contributed by atoms with Gasteiger partial charge in [0, 0.05) is 16.8 Å². The zero-order chi connectivity index (χ0) is 14.7. The monoisotopic (exact) mass is 303 g/mol. The molecule has 1 aromatic rings. The highest BCUT2D eigenvalue weighted by molar-refractivity contribution is 6.36. The molecular formula is C13H15Cl2NO3. The molecule has 0 aromatic carbocycles. The van der Waals surface area contributed by atoms with Crippen LogP contribution in [0.3, 0.4) is 0 Å². The van der Waals surface area contributed by atoms with Crippen LogP contribution >= 0.6 is 23.2 Å². The topological polar surface area (TPSA) is 48.4 Å². The molecule has 0 aliphatic rings. The van der Waals surface area contributed by atoms with E-state index in [-0.39, 0.29) is 0 Å². The van der Waals surface area contributed by atoms with E-state index in [2.05, 4.69) is 11.6 Å². The molecule has 0 bridgehead atoms. The van der Waals surface area contributed by atoms with Gasteiger partial charge in [-0.05, 0) is 20.8 Å². The molecule has 1 aromatic heterocycles. The fourth-order valence-corrected chi connectivity index (χ4v) is 2.18. The maximum absolute atomic E-state index is 11.8. The van der Waals surface area contributed by atoms with Crippen molar-refractivity contribution in [3.05, 3.63) is 39.3 Å². The molecule has 1 heterocycles. The maximum atomic E-state index is 11.8. The van der Waals surface area contributed by atoms with Gasteiger partial charge in [-0.1, -0.05) is 29.8 Å². The lowest BCUT2D eigenvalue weighted by Crippen LogP contribution is -2.19. The Morgan fingerprint density at radius 2 is 1.95 bits per heavy atom. The van der Waals surface area contributed by atoms with Crippen LogP contribution in [0.25, 0.3) is 0 Å². The molecule has 0 aliphatic carbocycles. The number of carbonyl (C=O) groups is 1. The second-order valence-electron chi connectivity index (χ2n) is 4.06. The van der Waals surface area contributed by atoms with E-state index in [1.54, 1.807) is 20.8 Å². The van der Waals surface area contributed by atoms with E-state index < -0.39 is 12.1 Å². The summed E-state index contributed by atoms with van der Waals surface area (Å²) in [4.78, 5) is 16.0. The Morgan fingerprint density at radius 3 is 2.42 bits per heavy atom. The number of esters is 1. The largest absolute Gasteiger partial charge is 0.479 e. The number of halogens is 2. The van der Waals surface area contributed by atoms with Gasteiger partial charge in [0.2, 0.25) is 6.10 Å². The number of aromatic nitrogens is 1. The lowest BCUT2D eigenvalue weighted by molar-refractivity contribution is -0.152. The molecular weight excluding hydrogens is 289 g/mol. The molecule has 0 saturated carbocycles. The van der Waals surface area contributed by atoms with Gasteiger partial charge >= 0.3 is 5.97 Å². The molecule has 0 radical (unpaired) electrons. The van der Waals surface area contributed by atoms with Crippen molar-refractivity contribution in [2.24, 2.45) is 0 Å². The summed E-state index contributed by atoms with van der Waals surface area (Å²) in [6.45, 7) is 8.67. The van der Waals surface area contributed by atoms with Crippen molar-refractivity contribution in [1.29, 1.82) is 0 Å². The zero-order valence-electron chi connectivity index (χ0n) is 11.2. The highest BCUT2D eigenvalue weighted by Gasteiger charge is 2.29. The van der Waals surface area contributed by atoms with E-state index in [0.717, 1.165) is 0 Å². The van der Waals surface area contributed by atoms with Crippen LogP contribution in [0.15, 0.2) is 12.3 Å². The highest BCUT2D eigenvalue weighted by atomic mass is 35.5. The van der Waals surface area contributed by atoms with Gasteiger partial charge in [0.15, 0.2) is 0 Å². The molecule has 6 heteroatoms. The molecule has 104 valence electrons. The van der Waals surface area contributed by atoms with Crippen LogP contribution < -0.4 is 0 Å². The fraction of sp³-hybridized carbons (Fsp3) is 0.385. The molecule has 0 amide bonds. The zero-order valence-corrected chi connectivity index (χ0v) is 12.7. The second-order valence-corrected chi connectivity index (χ2v) is 4.80.